The van der Waals surface area contributed by atoms with Crippen molar-refractivity contribution in [1.29, 1.82) is 0 Å². The summed E-state index contributed by atoms with van der Waals surface area (Å²) in [5.74, 6) is 1.44. The molecule has 3 rings (SSSR count). The molecule has 1 aromatic rings. The smallest absolute Gasteiger partial charge is 0.251 e. The third-order valence-electron chi connectivity index (χ3n) is 6.01. The number of nitrogens with zero attached hydrogens (tertiary/aromatic N) is 1. The molecular formula is C26H38N2O2. The zero-order chi connectivity index (χ0) is 21.2. The van der Waals surface area contributed by atoms with E-state index in [0.717, 1.165) is 38.0 Å². The van der Waals surface area contributed by atoms with Gasteiger partial charge in [0, 0.05) is 18.7 Å². The minimum Gasteiger partial charge on any atom is -0.494 e. The van der Waals surface area contributed by atoms with Crippen molar-refractivity contribution in [3.05, 3.63) is 53.1 Å². The Labute approximate surface area is 182 Å². The van der Waals surface area contributed by atoms with E-state index in [2.05, 4.69) is 36.2 Å². The van der Waals surface area contributed by atoms with Gasteiger partial charge < -0.3 is 10.1 Å². The molecule has 1 aliphatic heterocycles. The molecule has 4 nitrogen and oxygen atoms in total. The first-order valence-corrected chi connectivity index (χ1v) is 11.7. The highest BCUT2D eigenvalue weighted by Gasteiger charge is 2.14. The molecule has 1 aliphatic carbocycles. The van der Waals surface area contributed by atoms with E-state index < -0.39 is 0 Å². The molecule has 4 heteroatoms. The Balaban J connectivity index is 1.37. The summed E-state index contributed by atoms with van der Waals surface area (Å²) in [7, 11) is 0. The van der Waals surface area contributed by atoms with Crippen LogP contribution in [0.2, 0.25) is 0 Å². The fourth-order valence-corrected chi connectivity index (χ4v) is 4.02. The number of hydrogen-bond acceptors (Lipinski definition) is 3. The lowest BCUT2D eigenvalue weighted by Crippen LogP contribution is -2.31. The summed E-state index contributed by atoms with van der Waals surface area (Å²) in [4.78, 5) is 15.0. The van der Waals surface area contributed by atoms with Gasteiger partial charge in [-0.05, 0) is 81.8 Å². The van der Waals surface area contributed by atoms with Crippen LogP contribution in [0.1, 0.15) is 69.2 Å². The van der Waals surface area contributed by atoms with Crippen molar-refractivity contribution in [3.8, 4) is 5.75 Å². The molecule has 30 heavy (non-hydrogen) atoms. The van der Waals surface area contributed by atoms with E-state index in [-0.39, 0.29) is 5.91 Å². The highest BCUT2D eigenvalue weighted by atomic mass is 16.5. The lowest BCUT2D eigenvalue weighted by molar-refractivity contribution is 0.0954. The number of likely N-dealkylation sites (tertiary alicyclic amines) is 1. The molecule has 1 heterocycles. The van der Waals surface area contributed by atoms with Crippen molar-refractivity contribution in [2.75, 3.05) is 32.8 Å². The van der Waals surface area contributed by atoms with Crippen LogP contribution >= 0.6 is 0 Å². The Morgan fingerprint density at radius 2 is 1.73 bits per heavy atom. The average Bonchev–Trinajstić information content (AvgIpc) is 2.76. The molecule has 1 N–H and O–H groups in total. The number of benzene rings is 1. The molecule has 1 aromatic carbocycles. The first-order valence-electron chi connectivity index (χ1n) is 11.7. The van der Waals surface area contributed by atoms with Gasteiger partial charge in [-0.1, -0.05) is 43.6 Å². The van der Waals surface area contributed by atoms with Crippen LogP contribution < -0.4 is 10.1 Å². The largest absolute Gasteiger partial charge is 0.494 e. The second kappa shape index (κ2) is 11.9. The molecule has 0 atom stereocenters. The number of carbonyl (C=O) groups is 1. The fraction of sp³-hybridized carbons (Fsp3) is 0.577. The van der Waals surface area contributed by atoms with Gasteiger partial charge in [0.2, 0.25) is 0 Å². The van der Waals surface area contributed by atoms with E-state index in [1.165, 1.54) is 37.9 Å². The minimum absolute atomic E-state index is 0.0125. The second-order valence-electron chi connectivity index (χ2n) is 9.05. The number of amides is 1. The van der Waals surface area contributed by atoms with E-state index in [0.29, 0.717) is 24.6 Å². The maximum absolute atomic E-state index is 12.4. The van der Waals surface area contributed by atoms with Crippen molar-refractivity contribution in [2.45, 2.75) is 58.8 Å². The van der Waals surface area contributed by atoms with Crippen LogP contribution in [0.15, 0.2) is 47.6 Å². The Morgan fingerprint density at radius 3 is 2.40 bits per heavy atom. The van der Waals surface area contributed by atoms with E-state index >= 15 is 0 Å². The van der Waals surface area contributed by atoms with Crippen LogP contribution in [0.25, 0.3) is 0 Å². The van der Waals surface area contributed by atoms with Crippen LogP contribution in [0.4, 0.5) is 0 Å². The van der Waals surface area contributed by atoms with Crippen molar-refractivity contribution >= 4 is 5.91 Å². The average molecular weight is 411 g/mol. The molecule has 1 amide bonds. The highest BCUT2D eigenvalue weighted by molar-refractivity contribution is 5.94. The SMILES string of the molecule is CC(C)CCOc1ccc(C(=O)NCCC2=CC=C(CN3CCCCC3)CC2)cc1. The number of rotatable bonds is 10. The molecule has 0 aromatic heterocycles. The van der Waals surface area contributed by atoms with E-state index in [4.69, 9.17) is 4.74 Å². The fourth-order valence-electron chi connectivity index (χ4n) is 4.02. The van der Waals surface area contributed by atoms with Crippen LogP contribution in [0.5, 0.6) is 5.75 Å². The third kappa shape index (κ3) is 7.64. The molecule has 0 unspecified atom stereocenters. The summed E-state index contributed by atoms with van der Waals surface area (Å²) in [5, 5.41) is 3.05. The van der Waals surface area contributed by atoms with Gasteiger partial charge in [0.1, 0.15) is 5.75 Å². The van der Waals surface area contributed by atoms with Crippen molar-refractivity contribution in [2.24, 2.45) is 5.92 Å². The van der Waals surface area contributed by atoms with Gasteiger partial charge >= 0.3 is 0 Å². The maximum Gasteiger partial charge on any atom is 0.251 e. The van der Waals surface area contributed by atoms with Crippen molar-refractivity contribution in [3.63, 3.8) is 0 Å². The predicted molar refractivity (Wildman–Crippen MR) is 124 cm³/mol. The summed E-state index contributed by atoms with van der Waals surface area (Å²) in [6.07, 6.45) is 12.9. The molecule has 0 saturated carbocycles. The van der Waals surface area contributed by atoms with Crippen LogP contribution in [0.3, 0.4) is 0 Å². The van der Waals surface area contributed by atoms with Gasteiger partial charge in [0.25, 0.3) is 5.91 Å². The molecule has 0 spiro atoms. The minimum atomic E-state index is -0.0125. The number of ether oxygens (including phenoxy) is 1. The monoisotopic (exact) mass is 410 g/mol. The van der Waals surface area contributed by atoms with Gasteiger partial charge in [-0.15, -0.1) is 0 Å². The third-order valence-corrected chi connectivity index (χ3v) is 6.01. The van der Waals surface area contributed by atoms with Gasteiger partial charge in [0.05, 0.1) is 6.61 Å². The topological polar surface area (TPSA) is 41.6 Å². The van der Waals surface area contributed by atoms with Gasteiger partial charge in [-0.25, -0.2) is 0 Å². The maximum atomic E-state index is 12.4. The Morgan fingerprint density at radius 1 is 1.03 bits per heavy atom. The Kier molecular flexibility index (Phi) is 9.00. The van der Waals surface area contributed by atoms with Crippen LogP contribution in [-0.2, 0) is 0 Å². The van der Waals surface area contributed by atoms with Gasteiger partial charge in [-0.3, -0.25) is 9.69 Å². The first-order chi connectivity index (χ1) is 14.6. The van der Waals surface area contributed by atoms with E-state index in [1.807, 2.05) is 24.3 Å². The number of hydrogen-bond donors (Lipinski definition) is 1. The standard InChI is InChI=1S/C26H38N2O2/c1-21(2)15-19-30-25-12-10-24(11-13-25)26(29)27-16-14-22-6-8-23(9-7-22)20-28-17-4-3-5-18-28/h6,8,10-13,21H,3-5,7,9,14-20H2,1-2H3,(H,27,29). The summed E-state index contributed by atoms with van der Waals surface area (Å²) >= 11 is 0. The molecule has 0 radical (unpaired) electrons. The number of allylic oxidation sites excluding steroid dienone is 2. The lowest BCUT2D eigenvalue weighted by Gasteiger charge is -2.28. The Hall–Kier alpha value is -2.07. The summed E-state index contributed by atoms with van der Waals surface area (Å²) in [6.45, 7) is 9.42. The number of piperidine rings is 1. The Bertz CT molecular complexity index is 728. The second-order valence-corrected chi connectivity index (χ2v) is 9.05. The summed E-state index contributed by atoms with van der Waals surface area (Å²) in [5.41, 5.74) is 3.68. The van der Waals surface area contributed by atoms with Crippen LogP contribution in [0, 0.1) is 5.92 Å². The molecule has 0 bridgehead atoms. The molecule has 1 fully saturated rings. The molecular weight excluding hydrogens is 372 g/mol. The zero-order valence-corrected chi connectivity index (χ0v) is 18.8. The van der Waals surface area contributed by atoms with Crippen molar-refractivity contribution < 1.29 is 9.53 Å². The van der Waals surface area contributed by atoms with E-state index in [1.54, 1.807) is 5.57 Å². The van der Waals surface area contributed by atoms with Gasteiger partial charge in [0.15, 0.2) is 0 Å². The first kappa shape index (κ1) is 22.6. The number of nitrogens with one attached hydrogen (secondary N) is 1. The van der Waals surface area contributed by atoms with E-state index in [9.17, 15) is 4.79 Å². The quantitative estimate of drug-likeness (QED) is 0.564. The summed E-state index contributed by atoms with van der Waals surface area (Å²) < 4.78 is 5.72. The summed E-state index contributed by atoms with van der Waals surface area (Å²) in [6, 6.07) is 7.45. The predicted octanol–water partition coefficient (Wildman–Crippen LogP) is 5.36. The van der Waals surface area contributed by atoms with Crippen molar-refractivity contribution in [1.82, 2.24) is 10.2 Å². The van der Waals surface area contributed by atoms with Gasteiger partial charge in [-0.2, -0.15) is 0 Å². The molecule has 2 aliphatic rings. The van der Waals surface area contributed by atoms with Crippen LogP contribution in [-0.4, -0.2) is 43.6 Å². The zero-order valence-electron chi connectivity index (χ0n) is 18.8. The number of carbonyl (C=O) groups excluding carboxylic acids is 1. The lowest BCUT2D eigenvalue weighted by atomic mass is 9.95. The molecule has 1 saturated heterocycles. The highest BCUT2D eigenvalue weighted by Crippen LogP contribution is 2.22. The normalized spacial score (nSPS) is 17.4. The molecule has 164 valence electrons.